The molecule has 13 heavy (non-hydrogen) atoms. The van der Waals surface area contributed by atoms with Gasteiger partial charge in [-0.2, -0.15) is 0 Å². The highest BCUT2D eigenvalue weighted by Crippen LogP contribution is 2.16. The smallest absolute Gasteiger partial charge is 0.139 e. The average molecular weight is 173 g/mol. The molecular weight excluding hydrogens is 162 g/mol. The first-order valence-electron chi connectivity index (χ1n) is 4.30. The summed E-state index contributed by atoms with van der Waals surface area (Å²) >= 11 is 0. The van der Waals surface area contributed by atoms with Gasteiger partial charge in [-0.3, -0.25) is 0 Å². The van der Waals surface area contributed by atoms with Crippen molar-refractivity contribution in [3.05, 3.63) is 36.0 Å². The number of aldehydes is 1. The molecule has 2 aromatic rings. The van der Waals surface area contributed by atoms with Gasteiger partial charge in [0.1, 0.15) is 6.29 Å². The van der Waals surface area contributed by atoms with E-state index >= 15 is 0 Å². The number of rotatable bonds is 2. The molecule has 0 radical (unpaired) electrons. The zero-order chi connectivity index (χ0) is 9.26. The molecule has 0 aliphatic carbocycles. The molecule has 1 heterocycles. The van der Waals surface area contributed by atoms with E-state index in [2.05, 4.69) is 25.1 Å². The maximum absolute atomic E-state index is 10.4. The molecule has 66 valence electrons. The van der Waals surface area contributed by atoms with Crippen molar-refractivity contribution in [2.24, 2.45) is 0 Å². The zero-order valence-electron chi connectivity index (χ0n) is 7.53. The van der Waals surface area contributed by atoms with E-state index in [1.165, 1.54) is 10.9 Å². The first kappa shape index (κ1) is 8.05. The molecule has 1 aromatic heterocycles. The van der Waals surface area contributed by atoms with Gasteiger partial charge in [0, 0.05) is 11.7 Å². The molecular formula is C11H11NO. The lowest BCUT2D eigenvalue weighted by atomic mass is 10.2. The van der Waals surface area contributed by atoms with Gasteiger partial charge in [0.2, 0.25) is 0 Å². The third kappa shape index (κ3) is 1.35. The Morgan fingerprint density at radius 3 is 3.00 bits per heavy atom. The lowest BCUT2D eigenvalue weighted by Gasteiger charge is -1.99. The van der Waals surface area contributed by atoms with Crippen molar-refractivity contribution in [2.75, 3.05) is 0 Å². The number of benzene rings is 1. The zero-order valence-corrected chi connectivity index (χ0v) is 7.53. The van der Waals surface area contributed by atoms with Crippen LogP contribution in [0.4, 0.5) is 0 Å². The first-order chi connectivity index (χ1) is 6.31. The monoisotopic (exact) mass is 173 g/mol. The van der Waals surface area contributed by atoms with E-state index in [-0.39, 0.29) is 0 Å². The van der Waals surface area contributed by atoms with Crippen molar-refractivity contribution in [1.82, 2.24) is 4.57 Å². The molecule has 1 aromatic carbocycles. The fourth-order valence-corrected chi connectivity index (χ4v) is 1.53. The average Bonchev–Trinajstić information content (AvgIpc) is 2.49. The minimum atomic E-state index is 0.437. The predicted octanol–water partition coefficient (Wildman–Crippen LogP) is 2.15. The predicted molar refractivity (Wildman–Crippen MR) is 52.7 cm³/mol. The number of aryl methyl sites for hydroxylation is 1. The second-order valence-corrected chi connectivity index (χ2v) is 3.20. The highest BCUT2D eigenvalue weighted by Gasteiger charge is 1.99. The summed E-state index contributed by atoms with van der Waals surface area (Å²) in [5, 5.41) is 1.19. The summed E-state index contributed by atoms with van der Waals surface area (Å²) in [6.45, 7) is 2.49. The van der Waals surface area contributed by atoms with Crippen LogP contribution in [0.5, 0.6) is 0 Å². The normalized spacial score (nSPS) is 10.5. The van der Waals surface area contributed by atoms with Crippen LogP contribution in [-0.4, -0.2) is 10.9 Å². The van der Waals surface area contributed by atoms with Gasteiger partial charge in [0.15, 0.2) is 0 Å². The van der Waals surface area contributed by atoms with E-state index < -0.39 is 0 Å². The SMILES string of the molecule is Cc1ccc2ccn(CC=O)c2c1. The van der Waals surface area contributed by atoms with Crippen LogP contribution in [-0.2, 0) is 11.3 Å². The Kier molecular flexibility index (Phi) is 1.89. The van der Waals surface area contributed by atoms with E-state index in [0.29, 0.717) is 6.54 Å². The second-order valence-electron chi connectivity index (χ2n) is 3.20. The largest absolute Gasteiger partial charge is 0.340 e. The van der Waals surface area contributed by atoms with Crippen molar-refractivity contribution in [3.63, 3.8) is 0 Å². The maximum Gasteiger partial charge on any atom is 0.139 e. The molecule has 0 fully saturated rings. The van der Waals surface area contributed by atoms with Crippen LogP contribution in [0, 0.1) is 6.92 Å². The molecule has 0 atom stereocenters. The van der Waals surface area contributed by atoms with Crippen molar-refractivity contribution in [2.45, 2.75) is 13.5 Å². The van der Waals surface area contributed by atoms with Gasteiger partial charge in [-0.15, -0.1) is 0 Å². The highest BCUT2D eigenvalue weighted by atomic mass is 16.1. The fourth-order valence-electron chi connectivity index (χ4n) is 1.53. The Labute approximate surface area is 76.8 Å². The summed E-state index contributed by atoms with van der Waals surface area (Å²) in [6.07, 6.45) is 2.86. The quantitative estimate of drug-likeness (QED) is 0.638. The van der Waals surface area contributed by atoms with Gasteiger partial charge < -0.3 is 9.36 Å². The Balaban J connectivity index is 2.64. The second kappa shape index (κ2) is 3.05. The molecule has 2 rings (SSSR count). The third-order valence-corrected chi connectivity index (χ3v) is 2.20. The van der Waals surface area contributed by atoms with Crippen molar-refractivity contribution in [1.29, 1.82) is 0 Å². The number of fused-ring (bicyclic) bond motifs is 1. The Morgan fingerprint density at radius 2 is 2.23 bits per heavy atom. The van der Waals surface area contributed by atoms with Gasteiger partial charge in [-0.25, -0.2) is 0 Å². The van der Waals surface area contributed by atoms with Crippen LogP contribution in [0.1, 0.15) is 5.56 Å². The van der Waals surface area contributed by atoms with Crippen molar-refractivity contribution >= 4 is 17.2 Å². The Bertz CT molecular complexity index is 442. The molecule has 0 saturated heterocycles. The van der Waals surface area contributed by atoms with E-state index in [0.717, 1.165) is 11.8 Å². The minimum absolute atomic E-state index is 0.437. The summed E-state index contributed by atoms with van der Waals surface area (Å²) in [4.78, 5) is 10.4. The number of carbonyl (C=O) groups is 1. The van der Waals surface area contributed by atoms with E-state index in [9.17, 15) is 4.79 Å². The van der Waals surface area contributed by atoms with E-state index in [1.807, 2.05) is 16.8 Å². The summed E-state index contributed by atoms with van der Waals surface area (Å²) < 4.78 is 1.95. The van der Waals surface area contributed by atoms with Gasteiger partial charge in [0.25, 0.3) is 0 Å². The standard InChI is InChI=1S/C11H11NO/c1-9-2-3-10-4-5-12(6-7-13)11(10)8-9/h2-5,7-8H,6H2,1H3. The minimum Gasteiger partial charge on any atom is -0.340 e. The lowest BCUT2D eigenvalue weighted by molar-refractivity contribution is -0.108. The van der Waals surface area contributed by atoms with Crippen LogP contribution >= 0.6 is 0 Å². The molecule has 2 heteroatoms. The van der Waals surface area contributed by atoms with Gasteiger partial charge in [-0.05, 0) is 30.0 Å². The number of hydrogen-bond donors (Lipinski definition) is 0. The fraction of sp³-hybridized carbons (Fsp3) is 0.182. The van der Waals surface area contributed by atoms with Crippen LogP contribution in [0.2, 0.25) is 0 Å². The maximum atomic E-state index is 10.4. The van der Waals surface area contributed by atoms with Crippen LogP contribution < -0.4 is 0 Å². The summed E-state index contributed by atoms with van der Waals surface area (Å²) in [5.41, 5.74) is 2.35. The molecule has 0 aliphatic heterocycles. The molecule has 0 spiro atoms. The molecule has 0 unspecified atom stereocenters. The number of hydrogen-bond acceptors (Lipinski definition) is 1. The Morgan fingerprint density at radius 1 is 1.38 bits per heavy atom. The van der Waals surface area contributed by atoms with Gasteiger partial charge >= 0.3 is 0 Å². The van der Waals surface area contributed by atoms with Crippen molar-refractivity contribution < 1.29 is 4.79 Å². The van der Waals surface area contributed by atoms with Crippen LogP contribution in [0.25, 0.3) is 10.9 Å². The third-order valence-electron chi connectivity index (χ3n) is 2.20. The van der Waals surface area contributed by atoms with Crippen LogP contribution in [0.3, 0.4) is 0 Å². The lowest BCUT2D eigenvalue weighted by Crippen LogP contribution is -1.95. The number of aromatic nitrogens is 1. The first-order valence-corrected chi connectivity index (χ1v) is 4.30. The molecule has 0 saturated carbocycles. The van der Waals surface area contributed by atoms with E-state index in [4.69, 9.17) is 0 Å². The molecule has 0 bridgehead atoms. The Hall–Kier alpha value is -1.57. The van der Waals surface area contributed by atoms with Crippen LogP contribution in [0.15, 0.2) is 30.5 Å². The molecule has 0 aliphatic rings. The number of carbonyl (C=O) groups excluding carboxylic acids is 1. The van der Waals surface area contributed by atoms with Crippen molar-refractivity contribution in [3.8, 4) is 0 Å². The summed E-state index contributed by atoms with van der Waals surface area (Å²) in [6, 6.07) is 8.27. The van der Waals surface area contributed by atoms with Gasteiger partial charge in [0.05, 0.1) is 6.54 Å². The molecule has 0 N–H and O–H groups in total. The molecule has 2 nitrogen and oxygen atoms in total. The summed E-state index contributed by atoms with van der Waals surface area (Å²) in [7, 11) is 0. The highest BCUT2D eigenvalue weighted by molar-refractivity contribution is 5.81. The topological polar surface area (TPSA) is 22.0 Å². The van der Waals surface area contributed by atoms with E-state index in [1.54, 1.807) is 0 Å². The van der Waals surface area contributed by atoms with Gasteiger partial charge in [-0.1, -0.05) is 12.1 Å². The summed E-state index contributed by atoms with van der Waals surface area (Å²) in [5.74, 6) is 0. The number of nitrogens with zero attached hydrogens (tertiary/aromatic N) is 1. The molecule has 0 amide bonds.